The van der Waals surface area contributed by atoms with Crippen molar-refractivity contribution in [2.75, 3.05) is 0 Å². The SMILES string of the molecule is O=S(=O)(c1ccc(F)cc1-c1ccc(Cl)cc1)c1ccc(F)cc1-c1ccc(Cl)cc1. The first-order chi connectivity index (χ1) is 14.8. The van der Waals surface area contributed by atoms with Crippen LogP contribution in [0.1, 0.15) is 0 Å². The summed E-state index contributed by atoms with van der Waals surface area (Å²) in [5, 5.41) is 0.932. The van der Waals surface area contributed by atoms with E-state index in [9.17, 15) is 17.2 Å². The van der Waals surface area contributed by atoms with E-state index in [2.05, 4.69) is 0 Å². The van der Waals surface area contributed by atoms with Gasteiger partial charge in [0.1, 0.15) is 11.6 Å². The smallest absolute Gasteiger partial charge is 0.207 e. The van der Waals surface area contributed by atoms with Crippen LogP contribution in [0, 0.1) is 11.6 Å². The predicted octanol–water partition coefficient (Wildman–Crippen LogP) is 7.44. The van der Waals surface area contributed by atoms with Gasteiger partial charge in [-0.3, -0.25) is 0 Å². The molecule has 0 unspecified atom stereocenters. The van der Waals surface area contributed by atoms with Crippen LogP contribution in [-0.4, -0.2) is 8.42 Å². The average molecular weight is 475 g/mol. The zero-order valence-electron chi connectivity index (χ0n) is 15.8. The first kappa shape index (κ1) is 21.5. The van der Waals surface area contributed by atoms with E-state index in [1.165, 1.54) is 12.1 Å². The molecule has 0 aliphatic rings. The summed E-state index contributed by atoms with van der Waals surface area (Å²) in [6.45, 7) is 0. The molecule has 0 aliphatic heterocycles. The number of rotatable bonds is 4. The van der Waals surface area contributed by atoms with Gasteiger partial charge >= 0.3 is 0 Å². The molecule has 0 heterocycles. The summed E-state index contributed by atoms with van der Waals surface area (Å²) in [5.74, 6) is -1.16. The molecule has 2 nitrogen and oxygen atoms in total. The summed E-state index contributed by atoms with van der Waals surface area (Å²) in [6, 6.07) is 19.7. The van der Waals surface area contributed by atoms with Gasteiger partial charge in [-0.1, -0.05) is 47.5 Å². The molecule has 0 spiro atoms. The zero-order chi connectivity index (χ0) is 22.2. The van der Waals surface area contributed by atoms with Crippen LogP contribution in [0.5, 0.6) is 0 Å². The number of halogens is 4. The maximum Gasteiger partial charge on any atom is 0.207 e. The van der Waals surface area contributed by atoms with E-state index in [1.54, 1.807) is 48.5 Å². The van der Waals surface area contributed by atoms with Crippen molar-refractivity contribution in [3.8, 4) is 22.3 Å². The van der Waals surface area contributed by atoms with Crippen molar-refractivity contribution in [2.45, 2.75) is 9.79 Å². The quantitative estimate of drug-likeness (QED) is 0.288. The Bertz CT molecular complexity index is 1270. The van der Waals surface area contributed by atoms with Gasteiger partial charge in [0.2, 0.25) is 9.84 Å². The van der Waals surface area contributed by atoms with Gasteiger partial charge in [0.25, 0.3) is 0 Å². The molecule has 0 aliphatic carbocycles. The van der Waals surface area contributed by atoms with Crippen molar-refractivity contribution in [2.24, 2.45) is 0 Å². The second kappa shape index (κ2) is 8.42. The lowest BCUT2D eigenvalue weighted by molar-refractivity contribution is 0.594. The Labute approximate surface area is 188 Å². The Morgan fingerprint density at radius 1 is 0.548 bits per heavy atom. The summed E-state index contributed by atoms with van der Waals surface area (Å²) in [5.41, 5.74) is 1.33. The van der Waals surface area contributed by atoms with Crippen molar-refractivity contribution in [3.63, 3.8) is 0 Å². The lowest BCUT2D eigenvalue weighted by atomic mass is 10.1. The van der Waals surface area contributed by atoms with Gasteiger partial charge in [-0.05, 0) is 71.8 Å². The molecule has 7 heteroatoms. The second-order valence-corrected chi connectivity index (χ2v) is 9.56. The molecular weight excluding hydrogens is 461 g/mol. The highest BCUT2D eigenvalue weighted by Crippen LogP contribution is 2.37. The first-order valence-corrected chi connectivity index (χ1v) is 11.4. The van der Waals surface area contributed by atoms with Crippen LogP contribution in [0.4, 0.5) is 8.78 Å². The van der Waals surface area contributed by atoms with Crippen molar-refractivity contribution in [1.82, 2.24) is 0 Å². The molecule has 0 bridgehead atoms. The zero-order valence-corrected chi connectivity index (χ0v) is 18.1. The predicted molar refractivity (Wildman–Crippen MR) is 119 cm³/mol. The second-order valence-electron chi connectivity index (χ2n) is 6.80. The number of hydrogen-bond donors (Lipinski definition) is 0. The highest BCUT2D eigenvalue weighted by Gasteiger charge is 2.26. The fourth-order valence-corrected chi connectivity index (χ4v) is 5.22. The van der Waals surface area contributed by atoms with E-state index < -0.39 is 21.5 Å². The topological polar surface area (TPSA) is 34.1 Å². The minimum atomic E-state index is -4.15. The molecule has 0 aromatic heterocycles. The van der Waals surface area contributed by atoms with Crippen molar-refractivity contribution in [1.29, 1.82) is 0 Å². The van der Waals surface area contributed by atoms with E-state index in [-0.39, 0.29) is 20.9 Å². The normalized spacial score (nSPS) is 11.5. The van der Waals surface area contributed by atoms with Crippen LogP contribution in [0.15, 0.2) is 94.7 Å². The van der Waals surface area contributed by atoms with E-state index in [0.717, 1.165) is 24.3 Å². The summed E-state index contributed by atoms with van der Waals surface area (Å²) in [4.78, 5) is -0.198. The van der Waals surface area contributed by atoms with Crippen molar-refractivity contribution >= 4 is 33.0 Å². The van der Waals surface area contributed by atoms with Crippen LogP contribution in [0.3, 0.4) is 0 Å². The lowest BCUT2D eigenvalue weighted by Crippen LogP contribution is -2.07. The third-order valence-electron chi connectivity index (χ3n) is 4.77. The number of benzene rings is 4. The number of hydrogen-bond acceptors (Lipinski definition) is 2. The van der Waals surface area contributed by atoms with E-state index >= 15 is 0 Å². The van der Waals surface area contributed by atoms with Gasteiger partial charge in [-0.15, -0.1) is 0 Å². The Hall–Kier alpha value is -2.73. The molecule has 4 aromatic carbocycles. The molecule has 0 atom stereocenters. The first-order valence-electron chi connectivity index (χ1n) is 9.12. The molecule has 0 saturated heterocycles. The van der Waals surface area contributed by atoms with E-state index in [0.29, 0.717) is 21.2 Å². The lowest BCUT2D eigenvalue weighted by Gasteiger charge is -2.15. The summed E-state index contributed by atoms with van der Waals surface area (Å²) < 4.78 is 55.5. The molecule has 0 amide bonds. The van der Waals surface area contributed by atoms with Crippen molar-refractivity contribution < 1.29 is 17.2 Å². The highest BCUT2D eigenvalue weighted by molar-refractivity contribution is 7.91. The molecule has 0 fully saturated rings. The van der Waals surface area contributed by atoms with Gasteiger partial charge < -0.3 is 0 Å². The third kappa shape index (κ3) is 4.35. The molecule has 4 rings (SSSR count). The van der Waals surface area contributed by atoms with Gasteiger partial charge in [-0.25, -0.2) is 17.2 Å². The molecule has 0 radical (unpaired) electrons. The monoisotopic (exact) mass is 474 g/mol. The summed E-state index contributed by atoms with van der Waals surface area (Å²) in [6.07, 6.45) is 0. The minimum absolute atomic E-state index is 0.0990. The van der Waals surface area contributed by atoms with Gasteiger partial charge in [-0.2, -0.15) is 0 Å². The Kier molecular flexibility index (Phi) is 5.84. The molecule has 0 saturated carbocycles. The fourth-order valence-electron chi connectivity index (χ4n) is 3.30. The minimum Gasteiger partial charge on any atom is -0.218 e. The summed E-state index contributed by atoms with van der Waals surface area (Å²) >= 11 is 11.9. The van der Waals surface area contributed by atoms with E-state index in [4.69, 9.17) is 23.2 Å². The molecule has 156 valence electrons. The molecule has 31 heavy (non-hydrogen) atoms. The Balaban J connectivity index is 1.95. The standard InChI is InChI=1S/C24H14Cl2F2O2S/c25-17-5-1-15(2-6-17)21-13-19(27)9-11-23(21)31(29,30)24-12-10-20(28)14-22(24)16-3-7-18(26)8-4-16/h1-14H. The van der Waals surface area contributed by atoms with Gasteiger partial charge in [0, 0.05) is 21.2 Å². The highest BCUT2D eigenvalue weighted by atomic mass is 35.5. The molecule has 4 aromatic rings. The average Bonchev–Trinajstić information content (AvgIpc) is 2.74. The Morgan fingerprint density at radius 2 is 0.903 bits per heavy atom. The van der Waals surface area contributed by atoms with Gasteiger partial charge in [0.05, 0.1) is 9.79 Å². The third-order valence-corrected chi connectivity index (χ3v) is 7.15. The van der Waals surface area contributed by atoms with Crippen LogP contribution >= 0.6 is 23.2 Å². The van der Waals surface area contributed by atoms with Crippen LogP contribution in [-0.2, 0) is 9.84 Å². The van der Waals surface area contributed by atoms with Crippen LogP contribution < -0.4 is 0 Å². The molecule has 0 N–H and O–H groups in total. The molecular formula is C24H14Cl2F2O2S. The van der Waals surface area contributed by atoms with Crippen LogP contribution in [0.25, 0.3) is 22.3 Å². The summed E-state index contributed by atoms with van der Waals surface area (Å²) in [7, 11) is -4.15. The maximum atomic E-state index is 14.1. The van der Waals surface area contributed by atoms with Crippen molar-refractivity contribution in [3.05, 3.63) is 107 Å². The van der Waals surface area contributed by atoms with Gasteiger partial charge in [0.15, 0.2) is 0 Å². The fraction of sp³-hybridized carbons (Fsp3) is 0. The Morgan fingerprint density at radius 3 is 1.26 bits per heavy atom. The maximum absolute atomic E-state index is 14.1. The van der Waals surface area contributed by atoms with E-state index in [1.807, 2.05) is 0 Å². The number of sulfone groups is 1. The van der Waals surface area contributed by atoms with Crippen LogP contribution in [0.2, 0.25) is 10.0 Å². The largest absolute Gasteiger partial charge is 0.218 e.